The Balaban J connectivity index is 1.42. The van der Waals surface area contributed by atoms with Gasteiger partial charge in [-0.3, -0.25) is 15.1 Å². The van der Waals surface area contributed by atoms with E-state index in [1.54, 1.807) is 6.92 Å². The topological polar surface area (TPSA) is 102 Å². The SMILES string of the molecule is CCn1ncc2c(NC3CCOCC3)c(C3=CC4(CC(CNC(C)=O)C4)ON3)cnc21. The first-order chi connectivity index (χ1) is 15.1. The van der Waals surface area contributed by atoms with Gasteiger partial charge in [-0.05, 0) is 44.6 Å². The molecule has 4 heterocycles. The predicted molar refractivity (Wildman–Crippen MR) is 117 cm³/mol. The number of fused-ring (bicyclic) bond motifs is 1. The van der Waals surface area contributed by atoms with Crippen LogP contribution < -0.4 is 16.1 Å². The number of carbonyl (C=O) groups excluding carboxylic acids is 1. The molecule has 0 atom stereocenters. The lowest BCUT2D eigenvalue weighted by Crippen LogP contribution is -2.47. The molecule has 1 spiro atoms. The third-order valence-corrected chi connectivity index (χ3v) is 6.51. The number of ether oxygens (including phenoxy) is 1. The summed E-state index contributed by atoms with van der Waals surface area (Å²) in [6.45, 7) is 6.65. The minimum Gasteiger partial charge on any atom is -0.381 e. The Morgan fingerprint density at radius 3 is 2.87 bits per heavy atom. The maximum absolute atomic E-state index is 11.2. The summed E-state index contributed by atoms with van der Waals surface area (Å²) in [6, 6.07) is 0.352. The highest BCUT2D eigenvalue weighted by Crippen LogP contribution is 2.46. The summed E-state index contributed by atoms with van der Waals surface area (Å²) in [5, 5.41) is 12.2. The summed E-state index contributed by atoms with van der Waals surface area (Å²) in [4.78, 5) is 21.9. The zero-order valence-corrected chi connectivity index (χ0v) is 18.1. The molecule has 1 saturated heterocycles. The van der Waals surface area contributed by atoms with Crippen molar-refractivity contribution in [2.45, 2.75) is 57.7 Å². The number of hydrogen-bond donors (Lipinski definition) is 3. The largest absolute Gasteiger partial charge is 0.381 e. The van der Waals surface area contributed by atoms with E-state index in [4.69, 9.17) is 14.6 Å². The Labute approximate surface area is 181 Å². The molecule has 0 bridgehead atoms. The number of carbonyl (C=O) groups is 1. The average molecular weight is 427 g/mol. The number of nitrogens with one attached hydrogen (secondary N) is 3. The molecule has 0 unspecified atom stereocenters. The second-order valence-electron chi connectivity index (χ2n) is 8.81. The molecule has 1 aliphatic carbocycles. The molecule has 3 N–H and O–H groups in total. The molecule has 5 rings (SSSR count). The van der Waals surface area contributed by atoms with Crippen LogP contribution >= 0.6 is 0 Å². The van der Waals surface area contributed by atoms with Gasteiger partial charge in [-0.15, -0.1) is 0 Å². The molecule has 1 amide bonds. The minimum atomic E-state index is -0.309. The fraction of sp³-hybridized carbons (Fsp3) is 0.591. The van der Waals surface area contributed by atoms with Gasteiger partial charge in [0.05, 0.1) is 23.0 Å². The summed E-state index contributed by atoms with van der Waals surface area (Å²) in [5.41, 5.74) is 6.71. The smallest absolute Gasteiger partial charge is 0.216 e. The molecular formula is C22H30N6O3. The summed E-state index contributed by atoms with van der Waals surface area (Å²) in [5.74, 6) is 0.447. The van der Waals surface area contributed by atoms with Gasteiger partial charge in [0, 0.05) is 51.0 Å². The van der Waals surface area contributed by atoms with E-state index in [1.807, 2.05) is 17.1 Å². The number of aromatic nitrogens is 3. The first kappa shape index (κ1) is 20.3. The number of hydrogen-bond acceptors (Lipinski definition) is 7. The van der Waals surface area contributed by atoms with Gasteiger partial charge in [0.1, 0.15) is 5.60 Å². The van der Waals surface area contributed by atoms with Crippen LogP contribution in [0.4, 0.5) is 5.69 Å². The van der Waals surface area contributed by atoms with Crippen LogP contribution in [0, 0.1) is 5.92 Å². The van der Waals surface area contributed by atoms with Crippen LogP contribution in [-0.2, 0) is 20.9 Å². The Bertz CT molecular complexity index is 1000. The van der Waals surface area contributed by atoms with Crippen molar-refractivity contribution in [3.63, 3.8) is 0 Å². The Kier molecular flexibility index (Phi) is 5.31. The van der Waals surface area contributed by atoms with Crippen molar-refractivity contribution in [2.24, 2.45) is 5.92 Å². The molecule has 0 radical (unpaired) electrons. The number of amides is 1. The van der Waals surface area contributed by atoms with E-state index in [-0.39, 0.29) is 11.5 Å². The Morgan fingerprint density at radius 2 is 2.13 bits per heavy atom. The van der Waals surface area contributed by atoms with E-state index in [2.05, 4.69) is 34.2 Å². The van der Waals surface area contributed by atoms with E-state index < -0.39 is 0 Å². The summed E-state index contributed by atoms with van der Waals surface area (Å²) in [6.07, 6.45) is 9.71. The van der Waals surface area contributed by atoms with Crippen LogP contribution in [-0.4, -0.2) is 52.1 Å². The van der Waals surface area contributed by atoms with Crippen LogP contribution in [0.5, 0.6) is 0 Å². The molecule has 9 nitrogen and oxygen atoms in total. The van der Waals surface area contributed by atoms with Gasteiger partial charge in [-0.2, -0.15) is 5.10 Å². The second-order valence-corrected chi connectivity index (χ2v) is 8.81. The number of nitrogens with zero attached hydrogens (tertiary/aromatic N) is 3. The molecule has 0 aromatic carbocycles. The number of hydroxylamine groups is 1. The number of anilines is 1. The van der Waals surface area contributed by atoms with Crippen LogP contribution in [0.15, 0.2) is 18.5 Å². The lowest BCUT2D eigenvalue weighted by Gasteiger charge is -2.41. The molecule has 166 valence electrons. The van der Waals surface area contributed by atoms with Crippen LogP contribution in [0.2, 0.25) is 0 Å². The van der Waals surface area contributed by atoms with Crippen molar-refractivity contribution >= 4 is 28.3 Å². The van der Waals surface area contributed by atoms with E-state index >= 15 is 0 Å². The monoisotopic (exact) mass is 426 g/mol. The van der Waals surface area contributed by atoms with E-state index in [1.165, 1.54) is 0 Å². The van der Waals surface area contributed by atoms with Gasteiger partial charge >= 0.3 is 0 Å². The third kappa shape index (κ3) is 3.87. The maximum atomic E-state index is 11.2. The number of aryl methyl sites for hydroxylation is 1. The molecule has 9 heteroatoms. The lowest BCUT2D eigenvalue weighted by molar-refractivity contribution is -0.123. The van der Waals surface area contributed by atoms with Crippen molar-refractivity contribution in [3.8, 4) is 0 Å². The van der Waals surface area contributed by atoms with Gasteiger partial charge in [0.2, 0.25) is 5.91 Å². The van der Waals surface area contributed by atoms with Crippen molar-refractivity contribution in [1.29, 1.82) is 0 Å². The van der Waals surface area contributed by atoms with Crippen LogP contribution in [0.3, 0.4) is 0 Å². The molecule has 2 fully saturated rings. The number of rotatable bonds is 6. The highest BCUT2D eigenvalue weighted by Gasteiger charge is 2.47. The van der Waals surface area contributed by atoms with Crippen LogP contribution in [0.25, 0.3) is 16.7 Å². The second kappa shape index (κ2) is 8.12. The standard InChI is InChI=1S/C22H30N6O3/c1-3-28-21-18(13-25-28)20(26-16-4-6-30-7-5-16)17(12-24-21)19-10-22(31-27-19)8-15(9-22)11-23-14(2)29/h10,12-13,15-16,27H,3-9,11H2,1-2H3,(H,23,29)(H,24,26). The van der Waals surface area contributed by atoms with Gasteiger partial charge in [0.25, 0.3) is 0 Å². The fourth-order valence-electron chi connectivity index (χ4n) is 4.83. The van der Waals surface area contributed by atoms with Crippen molar-refractivity contribution < 1.29 is 14.4 Å². The summed E-state index contributed by atoms with van der Waals surface area (Å²) < 4.78 is 7.45. The molecular weight excluding hydrogens is 396 g/mol. The van der Waals surface area contributed by atoms with Gasteiger partial charge in [-0.1, -0.05) is 0 Å². The minimum absolute atomic E-state index is 0.0125. The average Bonchev–Trinajstić information content (AvgIpc) is 3.37. The maximum Gasteiger partial charge on any atom is 0.216 e. The molecule has 3 aliphatic rings. The normalized spacial score (nSPS) is 25.9. The zero-order chi connectivity index (χ0) is 21.4. The highest BCUT2D eigenvalue weighted by atomic mass is 16.7. The first-order valence-corrected chi connectivity index (χ1v) is 11.2. The predicted octanol–water partition coefficient (Wildman–Crippen LogP) is 2.20. The van der Waals surface area contributed by atoms with Crippen LogP contribution in [0.1, 0.15) is 45.1 Å². The fourth-order valence-corrected chi connectivity index (χ4v) is 4.83. The molecule has 31 heavy (non-hydrogen) atoms. The first-order valence-electron chi connectivity index (χ1n) is 11.2. The van der Waals surface area contributed by atoms with Crippen molar-refractivity contribution in [1.82, 2.24) is 25.6 Å². The quantitative estimate of drug-likeness (QED) is 0.651. The third-order valence-electron chi connectivity index (χ3n) is 6.51. The zero-order valence-electron chi connectivity index (χ0n) is 18.1. The number of pyridine rings is 1. The summed E-state index contributed by atoms with van der Waals surface area (Å²) in [7, 11) is 0. The molecule has 2 aromatic rings. The lowest BCUT2D eigenvalue weighted by atomic mass is 9.70. The van der Waals surface area contributed by atoms with Gasteiger partial charge in [-0.25, -0.2) is 9.67 Å². The molecule has 1 saturated carbocycles. The Hall–Kier alpha value is -2.65. The Morgan fingerprint density at radius 1 is 1.32 bits per heavy atom. The van der Waals surface area contributed by atoms with Gasteiger partial charge < -0.3 is 15.4 Å². The molecule has 2 aliphatic heterocycles. The summed E-state index contributed by atoms with van der Waals surface area (Å²) >= 11 is 0. The van der Waals surface area contributed by atoms with Crippen molar-refractivity contribution in [3.05, 3.63) is 24.0 Å². The van der Waals surface area contributed by atoms with Gasteiger partial charge in [0.15, 0.2) is 5.65 Å². The van der Waals surface area contributed by atoms with E-state index in [9.17, 15) is 4.79 Å². The highest BCUT2D eigenvalue weighted by molar-refractivity contribution is 5.95. The van der Waals surface area contributed by atoms with E-state index in [0.29, 0.717) is 18.5 Å². The van der Waals surface area contributed by atoms with Crippen molar-refractivity contribution in [2.75, 3.05) is 25.1 Å². The molecule has 2 aromatic heterocycles. The van der Waals surface area contributed by atoms with E-state index in [0.717, 1.165) is 73.4 Å².